The summed E-state index contributed by atoms with van der Waals surface area (Å²) in [5, 5.41) is 0. The van der Waals surface area contributed by atoms with Gasteiger partial charge in [0.2, 0.25) is 0 Å². The summed E-state index contributed by atoms with van der Waals surface area (Å²) < 4.78 is 0.480. The van der Waals surface area contributed by atoms with Gasteiger partial charge in [-0.25, -0.2) is 0 Å². The summed E-state index contributed by atoms with van der Waals surface area (Å²) in [5.41, 5.74) is 1.48. The van der Waals surface area contributed by atoms with Crippen LogP contribution in [0.5, 0.6) is 0 Å². The van der Waals surface area contributed by atoms with E-state index in [2.05, 4.69) is 25.7 Å². The molecule has 0 N–H and O–H groups in total. The van der Waals surface area contributed by atoms with E-state index >= 15 is 0 Å². The molecule has 1 nitrogen and oxygen atoms in total. The Balaban J connectivity index is 2.54. The molecule has 1 aliphatic rings. The lowest BCUT2D eigenvalue weighted by molar-refractivity contribution is 0.126. The fraction of sp³-hybridized carbons (Fsp3) is 0.800. The Bertz CT molecular complexity index is 201. The van der Waals surface area contributed by atoms with Gasteiger partial charge in [-0.05, 0) is 39.2 Å². The first kappa shape index (κ1) is 11.4. The Hall–Kier alpha value is 0.280. The summed E-state index contributed by atoms with van der Waals surface area (Å²) in [7, 11) is 0. The first-order valence-electron chi connectivity index (χ1n) is 4.69. The Kier molecular flexibility index (Phi) is 3.67. The van der Waals surface area contributed by atoms with Gasteiger partial charge in [0.25, 0.3) is 0 Å². The van der Waals surface area contributed by atoms with Gasteiger partial charge in [0.05, 0.1) is 0 Å². The molecule has 1 rings (SSSR count). The third kappa shape index (κ3) is 3.16. The minimum atomic E-state index is 0.268. The maximum Gasteiger partial charge on any atom is 0.106 e. The van der Waals surface area contributed by atoms with E-state index in [1.54, 1.807) is 0 Å². The largest absolute Gasteiger partial charge is 0.298 e. The van der Waals surface area contributed by atoms with Gasteiger partial charge in [-0.2, -0.15) is 0 Å². The van der Waals surface area contributed by atoms with Crippen LogP contribution in [0, 0.1) is 0 Å². The Morgan fingerprint density at radius 2 is 1.62 bits per heavy atom. The van der Waals surface area contributed by atoms with Gasteiger partial charge >= 0.3 is 0 Å². The molecule has 1 saturated heterocycles. The van der Waals surface area contributed by atoms with E-state index in [1.165, 1.54) is 5.57 Å². The van der Waals surface area contributed by atoms with Crippen molar-refractivity contribution in [3.05, 3.63) is 10.1 Å². The number of halogens is 2. The molecule has 0 aromatic rings. The molecule has 0 radical (unpaired) electrons. The molecule has 0 bridgehead atoms. The smallest absolute Gasteiger partial charge is 0.106 e. The van der Waals surface area contributed by atoms with Crippen molar-refractivity contribution in [1.29, 1.82) is 0 Å². The minimum Gasteiger partial charge on any atom is -0.298 e. The molecule has 0 saturated carbocycles. The van der Waals surface area contributed by atoms with Crippen molar-refractivity contribution in [2.24, 2.45) is 0 Å². The molecule has 1 aliphatic heterocycles. The highest BCUT2D eigenvalue weighted by atomic mass is 35.5. The molecule has 0 unspecified atom stereocenters. The lowest BCUT2D eigenvalue weighted by Crippen LogP contribution is -2.44. The van der Waals surface area contributed by atoms with Gasteiger partial charge in [-0.1, -0.05) is 23.2 Å². The molecule has 0 aromatic carbocycles. The maximum atomic E-state index is 5.75. The lowest BCUT2D eigenvalue weighted by atomic mass is 9.99. The number of piperidine rings is 1. The Labute approximate surface area is 90.7 Å². The Morgan fingerprint density at radius 1 is 1.15 bits per heavy atom. The molecular weight excluding hydrogens is 205 g/mol. The molecule has 3 heteroatoms. The highest BCUT2D eigenvalue weighted by Gasteiger charge is 2.24. The standard InChI is InChI=1S/C10H17Cl2N/c1-10(2,3)13-6-4-8(5-7-13)9(11)12/h4-7H2,1-3H3. The van der Waals surface area contributed by atoms with Crippen molar-refractivity contribution in [2.75, 3.05) is 13.1 Å². The van der Waals surface area contributed by atoms with Crippen LogP contribution in [-0.2, 0) is 0 Å². The molecular formula is C10H17Cl2N. The highest BCUT2D eigenvalue weighted by Crippen LogP contribution is 2.27. The van der Waals surface area contributed by atoms with Crippen molar-refractivity contribution in [3.8, 4) is 0 Å². The molecule has 0 amide bonds. The zero-order valence-electron chi connectivity index (χ0n) is 8.53. The molecule has 1 heterocycles. The van der Waals surface area contributed by atoms with Gasteiger partial charge in [0.1, 0.15) is 4.49 Å². The van der Waals surface area contributed by atoms with Crippen LogP contribution in [0.1, 0.15) is 33.6 Å². The summed E-state index contributed by atoms with van der Waals surface area (Å²) in [6.07, 6.45) is 2.03. The average molecular weight is 222 g/mol. The van der Waals surface area contributed by atoms with Crippen LogP contribution in [0.2, 0.25) is 0 Å². The van der Waals surface area contributed by atoms with E-state index in [9.17, 15) is 0 Å². The monoisotopic (exact) mass is 221 g/mol. The predicted octanol–water partition coefficient (Wildman–Crippen LogP) is 3.57. The summed E-state index contributed by atoms with van der Waals surface area (Å²) >= 11 is 11.5. The van der Waals surface area contributed by atoms with Crippen LogP contribution in [0.4, 0.5) is 0 Å². The zero-order valence-corrected chi connectivity index (χ0v) is 10.0. The highest BCUT2D eigenvalue weighted by molar-refractivity contribution is 6.56. The van der Waals surface area contributed by atoms with Crippen LogP contribution in [0.3, 0.4) is 0 Å². The third-order valence-electron chi connectivity index (χ3n) is 2.58. The van der Waals surface area contributed by atoms with E-state index in [1.807, 2.05) is 0 Å². The summed E-state index contributed by atoms with van der Waals surface area (Å²) in [6.45, 7) is 8.86. The van der Waals surface area contributed by atoms with Crippen LogP contribution in [-0.4, -0.2) is 23.5 Å². The van der Waals surface area contributed by atoms with Gasteiger partial charge in [0, 0.05) is 18.6 Å². The number of hydrogen-bond acceptors (Lipinski definition) is 1. The van der Waals surface area contributed by atoms with Gasteiger partial charge in [0.15, 0.2) is 0 Å². The quantitative estimate of drug-likeness (QED) is 0.605. The van der Waals surface area contributed by atoms with E-state index < -0.39 is 0 Å². The van der Waals surface area contributed by atoms with E-state index in [0.29, 0.717) is 4.49 Å². The van der Waals surface area contributed by atoms with Gasteiger partial charge < -0.3 is 0 Å². The number of hydrogen-bond donors (Lipinski definition) is 0. The second-order valence-electron chi connectivity index (χ2n) is 4.52. The normalized spacial score (nSPS) is 20.5. The molecule has 0 atom stereocenters. The van der Waals surface area contributed by atoms with Gasteiger partial charge in [-0.3, -0.25) is 4.90 Å². The molecule has 0 spiro atoms. The first-order valence-corrected chi connectivity index (χ1v) is 5.45. The van der Waals surface area contributed by atoms with Crippen LogP contribution >= 0.6 is 23.2 Å². The first-order chi connectivity index (χ1) is 5.91. The SMILES string of the molecule is CC(C)(C)N1CCC(=C(Cl)Cl)CC1. The maximum absolute atomic E-state index is 5.75. The number of nitrogens with zero attached hydrogens (tertiary/aromatic N) is 1. The van der Waals surface area contributed by atoms with E-state index in [-0.39, 0.29) is 5.54 Å². The fourth-order valence-electron chi connectivity index (χ4n) is 1.64. The average Bonchev–Trinajstić information content (AvgIpc) is 2.03. The fourth-order valence-corrected chi connectivity index (χ4v) is 2.01. The summed E-state index contributed by atoms with van der Waals surface area (Å²) in [4.78, 5) is 2.47. The third-order valence-corrected chi connectivity index (χ3v) is 3.12. The van der Waals surface area contributed by atoms with E-state index in [4.69, 9.17) is 23.2 Å². The summed E-state index contributed by atoms with van der Waals surface area (Å²) in [5.74, 6) is 0. The molecule has 13 heavy (non-hydrogen) atoms. The van der Waals surface area contributed by atoms with Crippen LogP contribution < -0.4 is 0 Å². The summed E-state index contributed by atoms with van der Waals surface area (Å²) in [6, 6.07) is 0. The second kappa shape index (κ2) is 4.20. The Morgan fingerprint density at radius 3 is 1.92 bits per heavy atom. The van der Waals surface area contributed by atoms with Crippen molar-refractivity contribution in [2.45, 2.75) is 39.2 Å². The minimum absolute atomic E-state index is 0.268. The van der Waals surface area contributed by atoms with E-state index in [0.717, 1.165) is 25.9 Å². The van der Waals surface area contributed by atoms with Crippen molar-refractivity contribution in [1.82, 2.24) is 4.90 Å². The van der Waals surface area contributed by atoms with Crippen molar-refractivity contribution >= 4 is 23.2 Å². The van der Waals surface area contributed by atoms with Crippen LogP contribution in [0.15, 0.2) is 10.1 Å². The predicted molar refractivity (Wildman–Crippen MR) is 59.3 cm³/mol. The molecule has 0 aromatic heterocycles. The number of likely N-dealkylation sites (tertiary alicyclic amines) is 1. The van der Waals surface area contributed by atoms with Crippen LogP contribution in [0.25, 0.3) is 0 Å². The van der Waals surface area contributed by atoms with Crippen molar-refractivity contribution < 1.29 is 0 Å². The van der Waals surface area contributed by atoms with Crippen molar-refractivity contribution in [3.63, 3.8) is 0 Å². The molecule has 1 fully saturated rings. The zero-order chi connectivity index (χ0) is 10.1. The lowest BCUT2D eigenvalue weighted by Gasteiger charge is -2.39. The second-order valence-corrected chi connectivity index (χ2v) is 5.47. The molecule has 0 aliphatic carbocycles. The van der Waals surface area contributed by atoms with Gasteiger partial charge in [-0.15, -0.1) is 0 Å². The number of rotatable bonds is 0. The molecule has 76 valence electrons. The topological polar surface area (TPSA) is 3.24 Å².